The number of aliphatic carboxylic acids is 1. The maximum Gasteiger partial charge on any atom is 0.304 e. The fraction of sp³-hybridized carbons (Fsp3) is 0.308. The maximum atomic E-state index is 13.4. The van der Waals surface area contributed by atoms with Gasteiger partial charge in [0.2, 0.25) is 0 Å². The van der Waals surface area contributed by atoms with Crippen LogP contribution in [-0.2, 0) is 11.2 Å². The first-order valence-corrected chi connectivity index (χ1v) is 5.53. The second-order valence-electron chi connectivity index (χ2n) is 3.93. The van der Waals surface area contributed by atoms with Crippen LogP contribution in [0.1, 0.15) is 12.0 Å². The number of rotatable bonds is 7. The zero-order valence-corrected chi connectivity index (χ0v) is 9.83. The van der Waals surface area contributed by atoms with Crippen LogP contribution < -0.4 is 5.32 Å². The van der Waals surface area contributed by atoms with Gasteiger partial charge in [-0.05, 0) is 30.2 Å². The van der Waals surface area contributed by atoms with Crippen molar-refractivity contribution >= 4 is 5.97 Å². The minimum atomic E-state index is -0.992. The fourth-order valence-electron chi connectivity index (χ4n) is 1.64. The van der Waals surface area contributed by atoms with E-state index < -0.39 is 23.6 Å². The molecule has 0 bridgehead atoms. The number of hydrogen-bond acceptors (Lipinski definition) is 2. The molecule has 98 valence electrons. The average Bonchev–Trinajstić information content (AvgIpc) is 2.30. The second kappa shape index (κ2) is 6.86. The van der Waals surface area contributed by atoms with Gasteiger partial charge in [-0.15, -0.1) is 6.58 Å². The Bertz CT molecular complexity index is 435. The minimum absolute atomic E-state index is 0.115. The zero-order chi connectivity index (χ0) is 13.5. The van der Waals surface area contributed by atoms with Crippen LogP contribution in [0.4, 0.5) is 8.78 Å². The van der Waals surface area contributed by atoms with E-state index in [4.69, 9.17) is 5.11 Å². The van der Waals surface area contributed by atoms with E-state index >= 15 is 0 Å². The molecule has 1 aromatic rings. The molecule has 0 amide bonds. The van der Waals surface area contributed by atoms with Crippen molar-refractivity contribution in [1.82, 2.24) is 5.32 Å². The SMILES string of the molecule is C=CCNC(CC(=O)O)Cc1cc(F)ccc1F. The highest BCUT2D eigenvalue weighted by Gasteiger charge is 2.15. The van der Waals surface area contributed by atoms with E-state index in [-0.39, 0.29) is 18.4 Å². The van der Waals surface area contributed by atoms with Crippen LogP contribution in [-0.4, -0.2) is 23.7 Å². The molecule has 0 aliphatic rings. The van der Waals surface area contributed by atoms with Crippen LogP contribution in [0.5, 0.6) is 0 Å². The maximum absolute atomic E-state index is 13.4. The van der Waals surface area contributed by atoms with E-state index in [1.54, 1.807) is 6.08 Å². The molecule has 0 spiro atoms. The third-order valence-corrected chi connectivity index (χ3v) is 2.45. The number of carboxylic acid groups (broad SMARTS) is 1. The van der Waals surface area contributed by atoms with Gasteiger partial charge in [0.05, 0.1) is 6.42 Å². The van der Waals surface area contributed by atoms with Crippen molar-refractivity contribution in [3.63, 3.8) is 0 Å². The van der Waals surface area contributed by atoms with Gasteiger partial charge < -0.3 is 10.4 Å². The molecule has 0 saturated heterocycles. The van der Waals surface area contributed by atoms with E-state index in [1.807, 2.05) is 0 Å². The lowest BCUT2D eigenvalue weighted by atomic mass is 10.0. The summed E-state index contributed by atoms with van der Waals surface area (Å²) >= 11 is 0. The van der Waals surface area contributed by atoms with E-state index in [2.05, 4.69) is 11.9 Å². The Morgan fingerprint density at radius 3 is 2.83 bits per heavy atom. The number of carboxylic acids is 1. The van der Waals surface area contributed by atoms with Crippen molar-refractivity contribution in [2.24, 2.45) is 0 Å². The van der Waals surface area contributed by atoms with Crippen molar-refractivity contribution in [3.8, 4) is 0 Å². The molecule has 1 atom stereocenters. The lowest BCUT2D eigenvalue weighted by molar-refractivity contribution is -0.137. The largest absolute Gasteiger partial charge is 0.481 e. The molecule has 18 heavy (non-hydrogen) atoms. The van der Waals surface area contributed by atoms with E-state index in [1.165, 1.54) is 0 Å². The molecule has 0 aliphatic carbocycles. The van der Waals surface area contributed by atoms with Crippen LogP contribution in [0, 0.1) is 11.6 Å². The summed E-state index contributed by atoms with van der Waals surface area (Å²) in [5.41, 5.74) is 0.165. The summed E-state index contributed by atoms with van der Waals surface area (Å²) in [7, 11) is 0. The highest BCUT2D eigenvalue weighted by atomic mass is 19.1. The predicted octanol–water partition coefficient (Wildman–Crippen LogP) is 2.13. The summed E-state index contributed by atoms with van der Waals surface area (Å²) < 4.78 is 26.4. The summed E-state index contributed by atoms with van der Waals surface area (Å²) in [6.07, 6.45) is 1.53. The Kier molecular flexibility index (Phi) is 5.45. The second-order valence-corrected chi connectivity index (χ2v) is 3.93. The topological polar surface area (TPSA) is 49.3 Å². The third kappa shape index (κ3) is 4.63. The average molecular weight is 255 g/mol. The van der Waals surface area contributed by atoms with Gasteiger partial charge in [0.25, 0.3) is 0 Å². The Labute approximate surface area is 104 Å². The molecule has 0 aromatic heterocycles. The van der Waals surface area contributed by atoms with Gasteiger partial charge in [0.1, 0.15) is 11.6 Å². The molecule has 0 heterocycles. The van der Waals surface area contributed by atoms with E-state index in [0.717, 1.165) is 18.2 Å². The Hall–Kier alpha value is -1.75. The summed E-state index contributed by atoms with van der Waals surface area (Å²) in [5.74, 6) is -2.07. The Morgan fingerprint density at radius 2 is 2.22 bits per heavy atom. The van der Waals surface area contributed by atoms with Crippen molar-refractivity contribution < 1.29 is 18.7 Å². The summed E-state index contributed by atoms with van der Waals surface area (Å²) in [6.45, 7) is 3.92. The summed E-state index contributed by atoms with van der Waals surface area (Å²) in [5, 5.41) is 11.7. The van der Waals surface area contributed by atoms with Gasteiger partial charge in [-0.25, -0.2) is 8.78 Å². The Morgan fingerprint density at radius 1 is 1.50 bits per heavy atom. The quantitative estimate of drug-likeness (QED) is 0.734. The smallest absolute Gasteiger partial charge is 0.304 e. The minimum Gasteiger partial charge on any atom is -0.481 e. The van der Waals surface area contributed by atoms with Crippen LogP contribution in [0.15, 0.2) is 30.9 Å². The van der Waals surface area contributed by atoms with Gasteiger partial charge in [-0.3, -0.25) is 4.79 Å². The van der Waals surface area contributed by atoms with Crippen LogP contribution in [0.2, 0.25) is 0 Å². The molecule has 0 saturated carbocycles. The molecule has 3 nitrogen and oxygen atoms in total. The highest BCUT2D eigenvalue weighted by molar-refractivity contribution is 5.67. The van der Waals surface area contributed by atoms with Crippen LogP contribution >= 0.6 is 0 Å². The molecule has 0 aliphatic heterocycles. The van der Waals surface area contributed by atoms with Gasteiger partial charge in [0.15, 0.2) is 0 Å². The molecule has 1 unspecified atom stereocenters. The first kappa shape index (κ1) is 14.3. The third-order valence-electron chi connectivity index (χ3n) is 2.45. The van der Waals surface area contributed by atoms with Crippen LogP contribution in [0.25, 0.3) is 0 Å². The number of benzene rings is 1. The van der Waals surface area contributed by atoms with Crippen molar-refractivity contribution in [2.45, 2.75) is 18.9 Å². The number of carbonyl (C=O) groups is 1. The first-order chi connectivity index (χ1) is 8.52. The molecular formula is C13H15F2NO2. The summed E-state index contributed by atoms with van der Waals surface area (Å²) in [4.78, 5) is 10.7. The Balaban J connectivity index is 2.77. The van der Waals surface area contributed by atoms with Crippen molar-refractivity contribution in [3.05, 3.63) is 48.1 Å². The number of halogens is 2. The monoisotopic (exact) mass is 255 g/mol. The summed E-state index contributed by atoms with van der Waals surface area (Å²) in [6, 6.07) is 2.69. The van der Waals surface area contributed by atoms with Gasteiger partial charge in [-0.1, -0.05) is 6.08 Å². The van der Waals surface area contributed by atoms with Crippen molar-refractivity contribution in [2.75, 3.05) is 6.54 Å². The molecule has 1 aromatic carbocycles. The molecule has 1 rings (SSSR count). The highest BCUT2D eigenvalue weighted by Crippen LogP contribution is 2.13. The standard InChI is InChI=1S/C13H15F2NO2/c1-2-5-16-11(8-13(17)18)7-9-6-10(14)3-4-12(9)15/h2-4,6,11,16H,1,5,7-8H2,(H,17,18). The molecule has 0 radical (unpaired) electrons. The first-order valence-electron chi connectivity index (χ1n) is 5.53. The molecular weight excluding hydrogens is 240 g/mol. The van der Waals surface area contributed by atoms with Crippen molar-refractivity contribution in [1.29, 1.82) is 0 Å². The predicted molar refractivity (Wildman–Crippen MR) is 64.3 cm³/mol. The fourth-order valence-corrected chi connectivity index (χ4v) is 1.64. The van der Waals surface area contributed by atoms with Crippen LogP contribution in [0.3, 0.4) is 0 Å². The van der Waals surface area contributed by atoms with Gasteiger partial charge >= 0.3 is 5.97 Å². The number of hydrogen-bond donors (Lipinski definition) is 2. The lowest BCUT2D eigenvalue weighted by Gasteiger charge is -2.16. The van der Waals surface area contributed by atoms with Gasteiger partial charge in [-0.2, -0.15) is 0 Å². The lowest BCUT2D eigenvalue weighted by Crippen LogP contribution is -2.33. The zero-order valence-electron chi connectivity index (χ0n) is 9.83. The molecule has 5 heteroatoms. The normalized spacial score (nSPS) is 12.1. The van der Waals surface area contributed by atoms with E-state index in [0.29, 0.717) is 6.54 Å². The van der Waals surface area contributed by atoms with E-state index in [9.17, 15) is 13.6 Å². The molecule has 2 N–H and O–H groups in total. The number of nitrogens with one attached hydrogen (secondary N) is 1. The molecule has 0 fully saturated rings. The van der Waals surface area contributed by atoms with Gasteiger partial charge in [0, 0.05) is 12.6 Å².